The Morgan fingerprint density at radius 3 is 1.80 bits per heavy atom. The number of hydrogen-bond donors (Lipinski definition) is 1. The van der Waals surface area contributed by atoms with Crippen molar-refractivity contribution in [3.8, 4) is 33.4 Å². The second-order valence-electron chi connectivity index (χ2n) is 15.5. The Morgan fingerprint density at radius 1 is 0.464 bits per heavy atom. The largest absolute Gasteiger partial charge is 0.331 e. The molecule has 0 fully saturated rings. The number of benzene rings is 8. The van der Waals surface area contributed by atoms with E-state index in [4.69, 9.17) is 9.98 Å². The van der Waals surface area contributed by atoms with Crippen LogP contribution in [-0.4, -0.2) is 16.2 Å². The number of nitrogens with one attached hydrogen (secondary N) is 1. The fourth-order valence-electron chi connectivity index (χ4n) is 8.96. The monoisotopic (exact) mass is 718 g/mol. The Morgan fingerprint density at radius 2 is 1.04 bits per heavy atom. The van der Waals surface area contributed by atoms with E-state index in [9.17, 15) is 0 Å². The van der Waals surface area contributed by atoms with Crippen molar-refractivity contribution in [3.63, 3.8) is 0 Å². The van der Waals surface area contributed by atoms with Crippen molar-refractivity contribution < 1.29 is 0 Å². The van der Waals surface area contributed by atoms with E-state index in [-0.39, 0.29) is 5.41 Å². The second-order valence-corrected chi connectivity index (χ2v) is 15.5. The first-order valence-corrected chi connectivity index (χ1v) is 19.4. The molecule has 4 heteroatoms. The Kier molecular flexibility index (Phi) is 7.23. The number of nitrogens with zero attached hydrogens (tertiary/aromatic N) is 3. The van der Waals surface area contributed by atoms with Crippen LogP contribution in [0.2, 0.25) is 0 Å². The fraction of sp³-hybridized carbons (Fsp3) is 0.0769. The lowest BCUT2D eigenvalue weighted by atomic mass is 9.81. The predicted molar refractivity (Wildman–Crippen MR) is 234 cm³/mol. The second kappa shape index (κ2) is 12.5. The summed E-state index contributed by atoms with van der Waals surface area (Å²) < 4.78 is 2.32. The molecule has 0 amide bonds. The summed E-state index contributed by atoms with van der Waals surface area (Å²) >= 11 is 0. The van der Waals surface area contributed by atoms with Gasteiger partial charge in [0.2, 0.25) is 6.29 Å². The third kappa shape index (κ3) is 5.14. The Hall–Kier alpha value is -7.04. The van der Waals surface area contributed by atoms with Crippen molar-refractivity contribution in [1.29, 1.82) is 0 Å². The van der Waals surface area contributed by atoms with Crippen LogP contribution in [0.1, 0.15) is 42.4 Å². The Balaban J connectivity index is 0.966. The third-order valence-corrected chi connectivity index (χ3v) is 11.9. The SMILES string of the molecule is CC1(C)c2ccccc2-c2ccc(-c3ccc4cc(-c5ccc6c(c5)c5ccccc5n6C5N=C(c6ccccc6)N=C(c6ccccc6)N5)ccc4c3)cc21. The molecule has 1 aliphatic carbocycles. The molecular weight excluding hydrogens is 681 g/mol. The molecule has 0 radical (unpaired) electrons. The molecule has 1 atom stereocenters. The van der Waals surface area contributed by atoms with Crippen LogP contribution in [0.15, 0.2) is 192 Å². The summed E-state index contributed by atoms with van der Waals surface area (Å²) in [6, 6.07) is 65.6. The summed E-state index contributed by atoms with van der Waals surface area (Å²) in [4.78, 5) is 10.2. The summed E-state index contributed by atoms with van der Waals surface area (Å²) in [7, 11) is 0. The molecule has 0 spiro atoms. The van der Waals surface area contributed by atoms with Crippen LogP contribution in [0.4, 0.5) is 0 Å². The maximum absolute atomic E-state index is 5.23. The standard InChI is InChI=1S/C52H38N4/c1-52(2)45-19-11-9-17-41(45)42-27-25-40(32-46(42)52)38-24-22-35-29-37(23-21-36(35)30-38)39-26-28-48-44(31-39)43-18-10-12-20-47(43)56(48)51-54-49(33-13-5-3-6-14-33)53-50(55-51)34-15-7-4-8-16-34/h3-32,51H,1-2H3,(H,53,54,55). The van der Waals surface area contributed by atoms with E-state index in [0.29, 0.717) is 5.84 Å². The van der Waals surface area contributed by atoms with Gasteiger partial charge in [0.15, 0.2) is 5.84 Å². The van der Waals surface area contributed by atoms with Gasteiger partial charge in [-0.25, -0.2) is 9.98 Å². The van der Waals surface area contributed by atoms with Crippen LogP contribution in [0.5, 0.6) is 0 Å². The van der Waals surface area contributed by atoms with Crippen molar-refractivity contribution in [3.05, 3.63) is 204 Å². The van der Waals surface area contributed by atoms with Gasteiger partial charge < -0.3 is 9.88 Å². The van der Waals surface area contributed by atoms with E-state index in [1.807, 2.05) is 36.4 Å². The van der Waals surface area contributed by atoms with Crippen molar-refractivity contribution in [2.24, 2.45) is 9.98 Å². The van der Waals surface area contributed by atoms with Gasteiger partial charge in [-0.1, -0.05) is 159 Å². The Labute approximate surface area is 326 Å². The topological polar surface area (TPSA) is 41.7 Å². The molecule has 0 saturated heterocycles. The van der Waals surface area contributed by atoms with E-state index in [1.54, 1.807) is 0 Å². The number of aliphatic imine (C=N–C) groups is 2. The van der Waals surface area contributed by atoms with E-state index in [2.05, 4.69) is 169 Å². The van der Waals surface area contributed by atoms with Crippen LogP contribution in [0.25, 0.3) is 66.0 Å². The predicted octanol–water partition coefficient (Wildman–Crippen LogP) is 12.5. The normalized spacial score (nSPS) is 15.6. The van der Waals surface area contributed by atoms with E-state index in [0.717, 1.165) is 28.0 Å². The molecule has 266 valence electrons. The molecule has 1 aromatic heterocycles. The average Bonchev–Trinajstić information content (AvgIpc) is 3.71. The summed E-state index contributed by atoms with van der Waals surface area (Å²) in [5.41, 5.74) is 14.6. The molecule has 56 heavy (non-hydrogen) atoms. The van der Waals surface area contributed by atoms with Crippen LogP contribution in [0.3, 0.4) is 0 Å². The highest BCUT2D eigenvalue weighted by Crippen LogP contribution is 2.49. The van der Waals surface area contributed by atoms with Gasteiger partial charge in [-0.2, -0.15) is 0 Å². The average molecular weight is 719 g/mol. The zero-order valence-corrected chi connectivity index (χ0v) is 31.2. The van der Waals surface area contributed by atoms with Crippen molar-refractivity contribution >= 4 is 44.2 Å². The molecule has 11 rings (SSSR count). The first kappa shape index (κ1) is 32.4. The maximum atomic E-state index is 5.23. The first-order valence-electron chi connectivity index (χ1n) is 19.4. The summed E-state index contributed by atoms with van der Waals surface area (Å²) in [6.07, 6.45) is -0.395. The fourth-order valence-corrected chi connectivity index (χ4v) is 8.96. The number of rotatable bonds is 5. The van der Waals surface area contributed by atoms with Gasteiger partial charge >= 0.3 is 0 Å². The lowest BCUT2D eigenvalue weighted by Crippen LogP contribution is -2.36. The van der Waals surface area contributed by atoms with Crippen molar-refractivity contribution in [2.45, 2.75) is 25.6 Å². The lowest BCUT2D eigenvalue weighted by Gasteiger charge is -2.25. The molecule has 0 saturated carbocycles. The minimum atomic E-state index is -0.395. The van der Waals surface area contributed by atoms with Gasteiger partial charge in [0.05, 0.1) is 11.0 Å². The molecule has 9 aromatic rings. The molecule has 4 nitrogen and oxygen atoms in total. The van der Waals surface area contributed by atoms with Gasteiger partial charge in [-0.15, -0.1) is 0 Å². The minimum Gasteiger partial charge on any atom is -0.331 e. The van der Waals surface area contributed by atoms with Crippen LogP contribution in [0, 0.1) is 0 Å². The minimum absolute atomic E-state index is 0.0221. The van der Waals surface area contributed by atoms with E-state index in [1.165, 1.54) is 66.1 Å². The van der Waals surface area contributed by atoms with Crippen molar-refractivity contribution in [2.75, 3.05) is 0 Å². The summed E-state index contributed by atoms with van der Waals surface area (Å²) in [5, 5.41) is 8.53. The molecule has 2 heterocycles. The highest BCUT2D eigenvalue weighted by molar-refractivity contribution is 6.14. The summed E-state index contributed by atoms with van der Waals surface area (Å²) in [6.45, 7) is 4.69. The molecule has 8 aromatic carbocycles. The number of fused-ring (bicyclic) bond motifs is 7. The molecule has 1 aliphatic heterocycles. The lowest BCUT2D eigenvalue weighted by molar-refractivity contribution is 0.516. The summed E-state index contributed by atoms with van der Waals surface area (Å²) in [5.74, 6) is 1.51. The quantitative estimate of drug-likeness (QED) is 0.189. The van der Waals surface area contributed by atoms with Gasteiger partial charge in [0.1, 0.15) is 5.84 Å². The molecule has 1 unspecified atom stereocenters. The number of aromatic nitrogens is 1. The van der Waals surface area contributed by atoms with Gasteiger partial charge in [-0.05, 0) is 91.7 Å². The van der Waals surface area contributed by atoms with Gasteiger partial charge in [0.25, 0.3) is 0 Å². The Bertz CT molecular complexity index is 3080. The zero-order chi connectivity index (χ0) is 37.4. The molecule has 1 N–H and O–H groups in total. The van der Waals surface area contributed by atoms with E-state index < -0.39 is 6.29 Å². The molecule has 2 aliphatic rings. The molecular formula is C52H38N4. The van der Waals surface area contributed by atoms with Crippen LogP contribution in [-0.2, 0) is 5.41 Å². The smallest absolute Gasteiger partial charge is 0.204 e. The first-order chi connectivity index (χ1) is 27.5. The number of hydrogen-bond acceptors (Lipinski definition) is 3. The zero-order valence-electron chi connectivity index (χ0n) is 31.2. The molecule has 0 bridgehead atoms. The maximum Gasteiger partial charge on any atom is 0.204 e. The highest BCUT2D eigenvalue weighted by atomic mass is 15.3. The van der Waals surface area contributed by atoms with Gasteiger partial charge in [0, 0.05) is 27.3 Å². The highest BCUT2D eigenvalue weighted by Gasteiger charge is 2.35. The van der Waals surface area contributed by atoms with Crippen LogP contribution >= 0.6 is 0 Å². The van der Waals surface area contributed by atoms with Crippen molar-refractivity contribution in [1.82, 2.24) is 9.88 Å². The third-order valence-electron chi connectivity index (χ3n) is 11.9. The van der Waals surface area contributed by atoms with Crippen LogP contribution < -0.4 is 5.32 Å². The van der Waals surface area contributed by atoms with E-state index >= 15 is 0 Å². The number of amidine groups is 2. The van der Waals surface area contributed by atoms with Gasteiger partial charge in [-0.3, -0.25) is 0 Å². The number of para-hydroxylation sites is 1.